The summed E-state index contributed by atoms with van der Waals surface area (Å²) in [7, 11) is 0. The number of carboxylic acids is 1. The summed E-state index contributed by atoms with van der Waals surface area (Å²) >= 11 is 0. The summed E-state index contributed by atoms with van der Waals surface area (Å²) in [5.41, 5.74) is 0.713. The number of piperidine rings is 1. The first-order chi connectivity index (χ1) is 7.00. The zero-order chi connectivity index (χ0) is 11.4. The number of rotatable bonds is 3. The van der Waals surface area contributed by atoms with Crippen molar-refractivity contribution in [1.29, 1.82) is 0 Å². The average molecular weight is 211 g/mol. The van der Waals surface area contributed by atoms with Crippen LogP contribution in [0.1, 0.15) is 26.7 Å². The van der Waals surface area contributed by atoms with Gasteiger partial charge in [-0.2, -0.15) is 0 Å². The van der Waals surface area contributed by atoms with Gasteiger partial charge in [-0.15, -0.1) is 0 Å². The predicted molar refractivity (Wildman–Crippen MR) is 56.4 cm³/mol. The van der Waals surface area contributed by atoms with E-state index in [1.807, 2.05) is 6.92 Å². The second-order valence-corrected chi connectivity index (χ2v) is 4.13. The highest BCUT2D eigenvalue weighted by molar-refractivity contribution is 5.82. The molecule has 15 heavy (non-hydrogen) atoms. The van der Waals surface area contributed by atoms with E-state index < -0.39 is 5.97 Å². The summed E-state index contributed by atoms with van der Waals surface area (Å²) in [6, 6.07) is 0. The second-order valence-electron chi connectivity index (χ2n) is 4.13. The zero-order valence-corrected chi connectivity index (χ0v) is 9.19. The van der Waals surface area contributed by atoms with Crippen LogP contribution in [0, 0.1) is 5.92 Å². The molecule has 1 atom stereocenters. The molecular formula is C11H17NO3. The Labute approximate surface area is 89.6 Å². The predicted octanol–water partition coefficient (Wildman–Crippen LogP) is 1.28. The Morgan fingerprint density at radius 1 is 1.67 bits per heavy atom. The van der Waals surface area contributed by atoms with Crippen LogP contribution >= 0.6 is 0 Å². The van der Waals surface area contributed by atoms with Gasteiger partial charge in [0.2, 0.25) is 5.91 Å². The van der Waals surface area contributed by atoms with Gasteiger partial charge < -0.3 is 10.0 Å². The van der Waals surface area contributed by atoms with Crippen LogP contribution in [-0.4, -0.2) is 35.0 Å². The molecule has 0 aromatic heterocycles. The van der Waals surface area contributed by atoms with Crippen molar-refractivity contribution in [2.24, 2.45) is 5.92 Å². The number of hydrogen-bond donors (Lipinski definition) is 1. The molecule has 0 radical (unpaired) electrons. The van der Waals surface area contributed by atoms with Gasteiger partial charge in [-0.1, -0.05) is 6.92 Å². The SMILES string of the molecule is CC(=CC(=O)O)CN1CCCC(C)C1=O. The van der Waals surface area contributed by atoms with Crippen molar-refractivity contribution in [1.82, 2.24) is 4.90 Å². The quantitative estimate of drug-likeness (QED) is 0.715. The molecule has 0 spiro atoms. The summed E-state index contributed by atoms with van der Waals surface area (Å²) in [5.74, 6) is -0.735. The van der Waals surface area contributed by atoms with Gasteiger partial charge >= 0.3 is 5.97 Å². The van der Waals surface area contributed by atoms with Crippen molar-refractivity contribution in [3.8, 4) is 0 Å². The first kappa shape index (κ1) is 11.8. The Morgan fingerprint density at radius 2 is 2.33 bits per heavy atom. The van der Waals surface area contributed by atoms with Gasteiger partial charge in [0.25, 0.3) is 0 Å². The van der Waals surface area contributed by atoms with Gasteiger partial charge in [0.05, 0.1) is 0 Å². The fourth-order valence-electron chi connectivity index (χ4n) is 1.85. The maximum absolute atomic E-state index is 11.7. The third-order valence-corrected chi connectivity index (χ3v) is 2.61. The molecule has 1 heterocycles. The molecule has 1 aliphatic heterocycles. The molecule has 1 N–H and O–H groups in total. The highest BCUT2D eigenvalue weighted by Crippen LogP contribution is 2.17. The standard InChI is InChI=1S/C11H17NO3/c1-8(6-10(13)14)7-12-5-3-4-9(2)11(12)15/h6,9H,3-5,7H2,1-2H3,(H,13,14). The number of carbonyl (C=O) groups is 2. The summed E-state index contributed by atoms with van der Waals surface area (Å²) in [4.78, 5) is 23.9. The molecule has 1 unspecified atom stereocenters. The smallest absolute Gasteiger partial charge is 0.328 e. The lowest BCUT2D eigenvalue weighted by molar-refractivity contribution is -0.137. The summed E-state index contributed by atoms with van der Waals surface area (Å²) in [6.45, 7) is 4.84. The second kappa shape index (κ2) is 4.96. The van der Waals surface area contributed by atoms with Crippen LogP contribution in [0.15, 0.2) is 11.6 Å². The molecule has 1 rings (SSSR count). The van der Waals surface area contributed by atoms with Gasteiger partial charge in [-0.3, -0.25) is 4.79 Å². The lowest BCUT2D eigenvalue weighted by Gasteiger charge is -2.30. The molecule has 0 aliphatic carbocycles. The van der Waals surface area contributed by atoms with Gasteiger partial charge in [0, 0.05) is 25.1 Å². The zero-order valence-electron chi connectivity index (χ0n) is 9.19. The molecule has 1 saturated heterocycles. The fourth-order valence-corrected chi connectivity index (χ4v) is 1.85. The normalized spacial score (nSPS) is 23.1. The minimum atomic E-state index is -0.954. The largest absolute Gasteiger partial charge is 0.478 e. The van der Waals surface area contributed by atoms with Crippen molar-refractivity contribution in [2.45, 2.75) is 26.7 Å². The van der Waals surface area contributed by atoms with Crippen LogP contribution in [0.4, 0.5) is 0 Å². The third-order valence-electron chi connectivity index (χ3n) is 2.61. The van der Waals surface area contributed by atoms with E-state index in [4.69, 9.17) is 5.11 Å². The van der Waals surface area contributed by atoms with E-state index in [0.29, 0.717) is 12.1 Å². The molecule has 0 saturated carbocycles. The summed E-state index contributed by atoms with van der Waals surface area (Å²) in [5, 5.41) is 8.55. The summed E-state index contributed by atoms with van der Waals surface area (Å²) < 4.78 is 0. The number of nitrogens with zero attached hydrogens (tertiary/aromatic N) is 1. The van der Waals surface area contributed by atoms with E-state index in [2.05, 4.69) is 0 Å². The maximum atomic E-state index is 11.7. The van der Waals surface area contributed by atoms with Crippen molar-refractivity contribution < 1.29 is 14.7 Å². The van der Waals surface area contributed by atoms with Crippen LogP contribution in [-0.2, 0) is 9.59 Å². The molecule has 0 aromatic rings. The number of carbonyl (C=O) groups excluding carboxylic acids is 1. The molecule has 1 aliphatic rings. The highest BCUT2D eigenvalue weighted by Gasteiger charge is 2.24. The Kier molecular flexibility index (Phi) is 3.88. The van der Waals surface area contributed by atoms with E-state index in [0.717, 1.165) is 25.5 Å². The number of amides is 1. The third kappa shape index (κ3) is 3.38. The van der Waals surface area contributed by atoms with Gasteiger partial charge in [-0.05, 0) is 25.3 Å². The number of aliphatic carboxylic acids is 1. The van der Waals surface area contributed by atoms with Gasteiger partial charge in [-0.25, -0.2) is 4.79 Å². The molecular weight excluding hydrogens is 194 g/mol. The monoisotopic (exact) mass is 211 g/mol. The van der Waals surface area contributed by atoms with Crippen LogP contribution in [0.25, 0.3) is 0 Å². The Bertz CT molecular complexity index is 296. The molecule has 4 nitrogen and oxygen atoms in total. The first-order valence-electron chi connectivity index (χ1n) is 5.19. The van der Waals surface area contributed by atoms with E-state index >= 15 is 0 Å². The number of hydrogen-bond acceptors (Lipinski definition) is 2. The Morgan fingerprint density at radius 3 is 2.93 bits per heavy atom. The van der Waals surface area contributed by atoms with Crippen LogP contribution < -0.4 is 0 Å². The van der Waals surface area contributed by atoms with E-state index in [-0.39, 0.29) is 11.8 Å². The van der Waals surface area contributed by atoms with Gasteiger partial charge in [0.15, 0.2) is 0 Å². The minimum Gasteiger partial charge on any atom is -0.478 e. The topological polar surface area (TPSA) is 57.6 Å². The molecule has 4 heteroatoms. The lowest BCUT2D eigenvalue weighted by atomic mass is 9.99. The van der Waals surface area contributed by atoms with Crippen molar-refractivity contribution in [3.63, 3.8) is 0 Å². The number of carboxylic acid groups (broad SMARTS) is 1. The molecule has 0 aromatic carbocycles. The fraction of sp³-hybridized carbons (Fsp3) is 0.636. The first-order valence-corrected chi connectivity index (χ1v) is 5.19. The van der Waals surface area contributed by atoms with Gasteiger partial charge in [0.1, 0.15) is 0 Å². The lowest BCUT2D eigenvalue weighted by Crippen LogP contribution is -2.41. The van der Waals surface area contributed by atoms with E-state index in [1.54, 1.807) is 11.8 Å². The highest BCUT2D eigenvalue weighted by atomic mass is 16.4. The Hall–Kier alpha value is -1.32. The number of likely N-dealkylation sites (tertiary alicyclic amines) is 1. The maximum Gasteiger partial charge on any atom is 0.328 e. The van der Waals surface area contributed by atoms with Crippen molar-refractivity contribution >= 4 is 11.9 Å². The van der Waals surface area contributed by atoms with Crippen LogP contribution in [0.2, 0.25) is 0 Å². The summed E-state index contributed by atoms with van der Waals surface area (Å²) in [6.07, 6.45) is 3.11. The van der Waals surface area contributed by atoms with E-state index in [1.165, 1.54) is 0 Å². The molecule has 84 valence electrons. The molecule has 0 bridgehead atoms. The van der Waals surface area contributed by atoms with Crippen molar-refractivity contribution in [2.75, 3.05) is 13.1 Å². The average Bonchev–Trinajstić information content (AvgIpc) is 2.11. The Balaban J connectivity index is 2.57. The van der Waals surface area contributed by atoms with E-state index in [9.17, 15) is 9.59 Å². The minimum absolute atomic E-state index is 0.0800. The van der Waals surface area contributed by atoms with Crippen LogP contribution in [0.3, 0.4) is 0 Å². The van der Waals surface area contributed by atoms with Crippen LogP contribution in [0.5, 0.6) is 0 Å². The van der Waals surface area contributed by atoms with Crippen molar-refractivity contribution in [3.05, 3.63) is 11.6 Å². The molecule has 1 amide bonds. The molecule has 1 fully saturated rings.